The summed E-state index contributed by atoms with van der Waals surface area (Å²) in [4.78, 5) is 20.7. The van der Waals surface area contributed by atoms with Crippen LogP contribution in [0.15, 0.2) is 43.1 Å². The van der Waals surface area contributed by atoms with Crippen LogP contribution < -0.4 is 20.1 Å². The second-order valence-electron chi connectivity index (χ2n) is 7.36. The molecule has 2 heterocycles. The SMILES string of the molecule is C=CC(=O)N[C@@H]1COC[C@@H]1Nc1ncc2cc(-c3c(Cl)c(OC)cc(OC)c3Cl)ccc2n1. The smallest absolute Gasteiger partial charge is 0.243 e. The number of hydrogen-bond donors (Lipinski definition) is 2. The second kappa shape index (κ2) is 9.82. The number of rotatable bonds is 7. The number of nitrogens with one attached hydrogen (secondary N) is 2. The molecule has 1 fully saturated rings. The minimum atomic E-state index is -0.254. The van der Waals surface area contributed by atoms with Crippen molar-refractivity contribution in [1.29, 1.82) is 0 Å². The number of fused-ring (bicyclic) bond motifs is 1. The van der Waals surface area contributed by atoms with Gasteiger partial charge in [-0.05, 0) is 23.8 Å². The molecule has 2 N–H and O–H groups in total. The molecule has 0 saturated carbocycles. The van der Waals surface area contributed by atoms with E-state index in [0.29, 0.717) is 46.3 Å². The fourth-order valence-corrected chi connectivity index (χ4v) is 4.36. The van der Waals surface area contributed by atoms with Gasteiger partial charge in [-0.2, -0.15) is 0 Å². The third kappa shape index (κ3) is 4.68. The van der Waals surface area contributed by atoms with Crippen LogP contribution in [-0.4, -0.2) is 55.4 Å². The molecule has 1 amide bonds. The average molecular weight is 489 g/mol. The van der Waals surface area contributed by atoms with Crippen LogP contribution in [0, 0.1) is 0 Å². The fourth-order valence-electron chi connectivity index (χ4n) is 3.64. The van der Waals surface area contributed by atoms with Crippen LogP contribution in [0.25, 0.3) is 22.0 Å². The summed E-state index contributed by atoms with van der Waals surface area (Å²) >= 11 is 13.1. The number of nitrogens with zero attached hydrogens (tertiary/aromatic N) is 2. The first-order chi connectivity index (χ1) is 15.9. The molecule has 0 bridgehead atoms. The zero-order valence-electron chi connectivity index (χ0n) is 18.0. The lowest BCUT2D eigenvalue weighted by Crippen LogP contribution is -2.45. The van der Waals surface area contributed by atoms with E-state index < -0.39 is 0 Å². The molecule has 1 aliphatic rings. The maximum absolute atomic E-state index is 11.6. The maximum atomic E-state index is 11.6. The Morgan fingerprint density at radius 3 is 2.52 bits per heavy atom. The van der Waals surface area contributed by atoms with Crippen LogP contribution in [-0.2, 0) is 9.53 Å². The van der Waals surface area contributed by atoms with Crippen molar-refractivity contribution in [3.05, 3.63) is 53.2 Å². The summed E-state index contributed by atoms with van der Waals surface area (Å²) in [5, 5.41) is 7.65. The topological polar surface area (TPSA) is 94.6 Å². The van der Waals surface area contributed by atoms with Crippen LogP contribution in [0.4, 0.5) is 5.95 Å². The van der Waals surface area contributed by atoms with Crippen molar-refractivity contribution in [1.82, 2.24) is 15.3 Å². The predicted octanol–water partition coefficient (Wildman–Crippen LogP) is 4.10. The van der Waals surface area contributed by atoms with Gasteiger partial charge in [0.2, 0.25) is 11.9 Å². The Balaban J connectivity index is 1.63. The van der Waals surface area contributed by atoms with Gasteiger partial charge >= 0.3 is 0 Å². The molecule has 1 saturated heterocycles. The lowest BCUT2D eigenvalue weighted by Gasteiger charge is -2.19. The molecule has 172 valence electrons. The first-order valence-corrected chi connectivity index (χ1v) is 10.8. The summed E-state index contributed by atoms with van der Waals surface area (Å²) in [6.45, 7) is 4.31. The van der Waals surface area contributed by atoms with Crippen molar-refractivity contribution in [2.45, 2.75) is 12.1 Å². The van der Waals surface area contributed by atoms with Gasteiger partial charge in [-0.15, -0.1) is 0 Å². The molecular formula is C23H22Cl2N4O4. The highest BCUT2D eigenvalue weighted by molar-refractivity contribution is 6.41. The van der Waals surface area contributed by atoms with Crippen LogP contribution >= 0.6 is 23.2 Å². The summed E-state index contributed by atoms with van der Waals surface area (Å²) in [6.07, 6.45) is 2.94. The summed E-state index contributed by atoms with van der Waals surface area (Å²) in [7, 11) is 3.06. The van der Waals surface area contributed by atoms with Crippen molar-refractivity contribution < 1.29 is 19.0 Å². The molecule has 8 nitrogen and oxygen atoms in total. The van der Waals surface area contributed by atoms with Gasteiger partial charge in [-0.3, -0.25) is 4.79 Å². The number of benzene rings is 2. The molecule has 10 heteroatoms. The Kier molecular flexibility index (Phi) is 6.88. The van der Waals surface area contributed by atoms with Gasteiger partial charge in [-0.25, -0.2) is 9.97 Å². The Labute approximate surface area is 200 Å². The fraction of sp³-hybridized carbons (Fsp3) is 0.261. The van der Waals surface area contributed by atoms with Crippen molar-refractivity contribution >= 4 is 46.0 Å². The zero-order chi connectivity index (χ0) is 23.5. The van der Waals surface area contributed by atoms with Gasteiger partial charge in [0, 0.05) is 23.2 Å². The van der Waals surface area contributed by atoms with E-state index >= 15 is 0 Å². The standard InChI is InChI=1S/C23H22Cl2N4O4/c1-4-19(30)27-15-10-33-11-16(15)29-23-26-9-13-7-12(5-6-14(13)28-23)20-21(24)17(31-2)8-18(32-3)22(20)25/h4-9,15-16H,1,10-11H2,2-3H3,(H,27,30)(H,26,28,29)/t15-,16+/m1/s1. The number of ether oxygens (including phenoxy) is 3. The number of carbonyl (C=O) groups excluding carboxylic acids is 1. The van der Waals surface area contributed by atoms with Crippen molar-refractivity contribution in [3.63, 3.8) is 0 Å². The average Bonchev–Trinajstić information content (AvgIpc) is 3.25. The van der Waals surface area contributed by atoms with Gasteiger partial charge in [0.05, 0.1) is 55.1 Å². The number of methoxy groups -OCH3 is 2. The van der Waals surface area contributed by atoms with Gasteiger partial charge in [0.1, 0.15) is 11.5 Å². The van der Waals surface area contributed by atoms with E-state index in [9.17, 15) is 4.79 Å². The van der Waals surface area contributed by atoms with Crippen molar-refractivity contribution in [2.24, 2.45) is 0 Å². The number of hydrogen-bond acceptors (Lipinski definition) is 7. The summed E-state index contributed by atoms with van der Waals surface area (Å²) in [5.74, 6) is 1.10. The van der Waals surface area contributed by atoms with Gasteiger partial charge in [-0.1, -0.05) is 35.8 Å². The number of anilines is 1. The van der Waals surface area contributed by atoms with E-state index in [1.54, 1.807) is 12.3 Å². The van der Waals surface area contributed by atoms with Gasteiger partial charge < -0.3 is 24.8 Å². The summed E-state index contributed by atoms with van der Waals surface area (Å²) < 4.78 is 16.2. The van der Waals surface area contributed by atoms with E-state index in [1.165, 1.54) is 20.3 Å². The quantitative estimate of drug-likeness (QED) is 0.483. The van der Waals surface area contributed by atoms with E-state index in [-0.39, 0.29) is 18.0 Å². The molecule has 0 unspecified atom stereocenters. The third-order valence-electron chi connectivity index (χ3n) is 5.35. The summed E-state index contributed by atoms with van der Waals surface area (Å²) in [6, 6.07) is 6.91. The van der Waals surface area contributed by atoms with Crippen LogP contribution in [0.1, 0.15) is 0 Å². The largest absolute Gasteiger partial charge is 0.495 e. The predicted molar refractivity (Wildman–Crippen MR) is 128 cm³/mol. The van der Waals surface area contributed by atoms with Crippen LogP contribution in [0.2, 0.25) is 10.0 Å². The third-order valence-corrected chi connectivity index (χ3v) is 6.10. The monoisotopic (exact) mass is 488 g/mol. The van der Waals surface area contributed by atoms with Gasteiger partial charge in [0.25, 0.3) is 0 Å². The van der Waals surface area contributed by atoms with Crippen molar-refractivity contribution in [2.75, 3.05) is 32.8 Å². The molecule has 0 spiro atoms. The molecule has 1 aromatic heterocycles. The van der Waals surface area contributed by atoms with E-state index in [1.807, 2.05) is 18.2 Å². The Hall–Kier alpha value is -3.07. The number of aromatic nitrogens is 2. The highest BCUT2D eigenvalue weighted by Gasteiger charge is 2.29. The highest BCUT2D eigenvalue weighted by Crippen LogP contribution is 2.46. The number of carbonyl (C=O) groups is 1. The lowest BCUT2D eigenvalue weighted by atomic mass is 10.0. The molecular weight excluding hydrogens is 467 g/mol. The minimum absolute atomic E-state index is 0.160. The molecule has 33 heavy (non-hydrogen) atoms. The van der Waals surface area contributed by atoms with Gasteiger partial charge in [0.15, 0.2) is 0 Å². The Morgan fingerprint density at radius 2 is 1.85 bits per heavy atom. The minimum Gasteiger partial charge on any atom is -0.495 e. The highest BCUT2D eigenvalue weighted by atomic mass is 35.5. The first-order valence-electron chi connectivity index (χ1n) is 10.1. The second-order valence-corrected chi connectivity index (χ2v) is 8.11. The Morgan fingerprint density at radius 1 is 1.15 bits per heavy atom. The zero-order valence-corrected chi connectivity index (χ0v) is 19.5. The van der Waals surface area contributed by atoms with E-state index in [2.05, 4.69) is 27.2 Å². The van der Waals surface area contributed by atoms with Crippen LogP contribution in [0.3, 0.4) is 0 Å². The van der Waals surface area contributed by atoms with E-state index in [4.69, 9.17) is 37.4 Å². The van der Waals surface area contributed by atoms with E-state index in [0.717, 1.165) is 16.5 Å². The molecule has 4 rings (SSSR count). The molecule has 3 aromatic rings. The normalized spacial score (nSPS) is 17.6. The first kappa shape index (κ1) is 23.1. The molecule has 0 aliphatic carbocycles. The molecule has 0 radical (unpaired) electrons. The van der Waals surface area contributed by atoms with Crippen LogP contribution in [0.5, 0.6) is 11.5 Å². The van der Waals surface area contributed by atoms with Crippen molar-refractivity contribution in [3.8, 4) is 22.6 Å². The number of amides is 1. The summed E-state index contributed by atoms with van der Waals surface area (Å²) in [5.41, 5.74) is 2.10. The molecule has 2 aromatic carbocycles. The lowest BCUT2D eigenvalue weighted by molar-refractivity contribution is -0.117. The Bertz CT molecular complexity index is 1190. The molecule has 1 aliphatic heterocycles. The molecule has 2 atom stereocenters. The maximum Gasteiger partial charge on any atom is 0.243 e. The number of halogens is 2.